The Morgan fingerprint density at radius 3 is 2.67 bits per heavy atom. The highest BCUT2D eigenvalue weighted by atomic mass is 35.5. The summed E-state index contributed by atoms with van der Waals surface area (Å²) in [6.07, 6.45) is 7.33. The summed E-state index contributed by atoms with van der Waals surface area (Å²) in [6, 6.07) is 5.51. The van der Waals surface area contributed by atoms with Crippen molar-refractivity contribution < 1.29 is 4.79 Å². The predicted molar refractivity (Wildman–Crippen MR) is 98.4 cm³/mol. The van der Waals surface area contributed by atoms with E-state index in [0.717, 1.165) is 38.2 Å². The van der Waals surface area contributed by atoms with Crippen LogP contribution in [0.25, 0.3) is 5.69 Å². The van der Waals surface area contributed by atoms with E-state index in [1.807, 2.05) is 30.3 Å². The summed E-state index contributed by atoms with van der Waals surface area (Å²) < 4.78 is 1.73. The molecule has 0 atom stereocenters. The van der Waals surface area contributed by atoms with E-state index in [2.05, 4.69) is 15.4 Å². The number of hydrogen-bond acceptors (Lipinski definition) is 4. The molecule has 8 heteroatoms. The summed E-state index contributed by atoms with van der Waals surface area (Å²) in [5.74, 6) is 0.675. The maximum atomic E-state index is 12.6. The Bertz CT molecular complexity index is 627. The van der Waals surface area contributed by atoms with Crippen LogP contribution in [0.5, 0.6) is 0 Å². The number of nitrogens with one attached hydrogen (secondary N) is 1. The van der Waals surface area contributed by atoms with Crippen molar-refractivity contribution in [3.63, 3.8) is 0 Å². The van der Waals surface area contributed by atoms with Gasteiger partial charge in [-0.2, -0.15) is 5.10 Å². The van der Waals surface area contributed by atoms with Crippen LogP contribution in [0.3, 0.4) is 0 Å². The van der Waals surface area contributed by atoms with Gasteiger partial charge in [0.05, 0.1) is 5.69 Å². The van der Waals surface area contributed by atoms with Gasteiger partial charge in [-0.1, -0.05) is 0 Å². The minimum Gasteiger partial charge on any atom is -0.337 e. The van der Waals surface area contributed by atoms with Crippen LogP contribution < -0.4 is 5.32 Å². The number of likely N-dealkylation sites (tertiary alicyclic amines) is 1. The van der Waals surface area contributed by atoms with Gasteiger partial charge in [-0.25, -0.2) is 4.68 Å². The minimum atomic E-state index is 0. The number of halogens is 2. The summed E-state index contributed by atoms with van der Waals surface area (Å²) in [6.45, 7) is 2.63. The fourth-order valence-corrected chi connectivity index (χ4v) is 2.89. The first-order valence-corrected chi connectivity index (χ1v) is 7.68. The summed E-state index contributed by atoms with van der Waals surface area (Å²) in [7, 11) is 1.97. The lowest BCUT2D eigenvalue weighted by atomic mass is 9.96. The van der Waals surface area contributed by atoms with Gasteiger partial charge < -0.3 is 10.2 Å². The monoisotopic (exact) mass is 371 g/mol. The van der Waals surface area contributed by atoms with E-state index in [4.69, 9.17) is 0 Å². The van der Waals surface area contributed by atoms with Gasteiger partial charge >= 0.3 is 0 Å². The molecule has 1 N–H and O–H groups in total. The highest BCUT2D eigenvalue weighted by molar-refractivity contribution is 5.92. The average Bonchev–Trinajstić information content (AvgIpc) is 3.10. The fraction of sp³-hybridized carbons (Fsp3) is 0.438. The first-order valence-electron chi connectivity index (χ1n) is 7.68. The molecule has 0 unspecified atom stereocenters. The fourth-order valence-electron chi connectivity index (χ4n) is 2.89. The minimum absolute atomic E-state index is 0. The molecular weight excluding hydrogens is 349 g/mol. The molecule has 0 spiro atoms. The number of aromatic nitrogens is 3. The summed E-state index contributed by atoms with van der Waals surface area (Å²) in [4.78, 5) is 18.7. The molecule has 0 aromatic carbocycles. The van der Waals surface area contributed by atoms with Gasteiger partial charge in [-0.05, 0) is 50.6 Å². The van der Waals surface area contributed by atoms with Crippen molar-refractivity contribution in [1.82, 2.24) is 25.0 Å². The van der Waals surface area contributed by atoms with Crippen LogP contribution in [0.2, 0.25) is 0 Å². The van der Waals surface area contributed by atoms with Gasteiger partial charge in [-0.15, -0.1) is 24.8 Å². The van der Waals surface area contributed by atoms with Crippen molar-refractivity contribution in [2.24, 2.45) is 5.92 Å². The average molecular weight is 372 g/mol. The molecule has 0 saturated carbocycles. The second kappa shape index (κ2) is 9.61. The van der Waals surface area contributed by atoms with Crippen molar-refractivity contribution in [1.29, 1.82) is 0 Å². The molecular formula is C16H23Cl2N5O. The van der Waals surface area contributed by atoms with E-state index >= 15 is 0 Å². The van der Waals surface area contributed by atoms with Crippen LogP contribution in [0.1, 0.15) is 23.3 Å². The molecule has 0 bridgehead atoms. The molecule has 2 aromatic rings. The van der Waals surface area contributed by atoms with Crippen LogP contribution in [-0.4, -0.2) is 52.3 Å². The van der Waals surface area contributed by atoms with E-state index in [-0.39, 0.29) is 30.7 Å². The Morgan fingerprint density at radius 2 is 2.04 bits per heavy atom. The first kappa shape index (κ1) is 20.4. The highest BCUT2D eigenvalue weighted by Crippen LogP contribution is 2.18. The number of carbonyl (C=O) groups is 1. The van der Waals surface area contributed by atoms with Crippen LogP contribution >= 0.6 is 24.8 Å². The van der Waals surface area contributed by atoms with Gasteiger partial charge in [0, 0.05) is 31.7 Å². The maximum Gasteiger partial charge on any atom is 0.272 e. The first-order chi connectivity index (χ1) is 10.8. The highest BCUT2D eigenvalue weighted by Gasteiger charge is 2.24. The summed E-state index contributed by atoms with van der Waals surface area (Å²) >= 11 is 0. The Balaban J connectivity index is 0.00000144. The number of rotatable bonds is 4. The molecule has 3 rings (SSSR count). The maximum absolute atomic E-state index is 12.6. The van der Waals surface area contributed by atoms with E-state index in [9.17, 15) is 4.79 Å². The lowest BCUT2D eigenvalue weighted by Crippen LogP contribution is -2.40. The van der Waals surface area contributed by atoms with Crippen molar-refractivity contribution in [2.75, 3.05) is 26.7 Å². The summed E-state index contributed by atoms with van der Waals surface area (Å²) in [5, 5.41) is 7.40. The smallest absolute Gasteiger partial charge is 0.272 e. The topological polar surface area (TPSA) is 63.1 Å². The SMILES string of the molecule is CNCC1CCN(C(=O)c2cc(-n3cccn3)ccn2)CC1.Cl.Cl. The van der Waals surface area contributed by atoms with Gasteiger partial charge in [0.1, 0.15) is 5.69 Å². The van der Waals surface area contributed by atoms with E-state index in [1.165, 1.54) is 0 Å². The van der Waals surface area contributed by atoms with Gasteiger partial charge in [0.15, 0.2) is 0 Å². The van der Waals surface area contributed by atoms with Crippen LogP contribution in [0, 0.1) is 5.92 Å². The Labute approximate surface area is 154 Å². The van der Waals surface area contributed by atoms with Crippen LogP contribution in [0.15, 0.2) is 36.8 Å². The number of carbonyl (C=O) groups excluding carboxylic acids is 1. The lowest BCUT2D eigenvalue weighted by molar-refractivity contribution is 0.0685. The van der Waals surface area contributed by atoms with E-state index in [0.29, 0.717) is 11.6 Å². The lowest BCUT2D eigenvalue weighted by Gasteiger charge is -2.31. The molecule has 1 fully saturated rings. The number of amides is 1. The van der Waals surface area contributed by atoms with Crippen molar-refractivity contribution in [3.05, 3.63) is 42.5 Å². The van der Waals surface area contributed by atoms with Crippen molar-refractivity contribution >= 4 is 30.7 Å². The third-order valence-corrected chi connectivity index (χ3v) is 4.13. The normalized spacial score (nSPS) is 14.6. The molecule has 1 aliphatic rings. The second-order valence-electron chi connectivity index (χ2n) is 5.64. The number of hydrogen-bond donors (Lipinski definition) is 1. The number of pyridine rings is 1. The zero-order valence-electron chi connectivity index (χ0n) is 13.6. The summed E-state index contributed by atoms with van der Waals surface area (Å²) in [5.41, 5.74) is 1.34. The van der Waals surface area contributed by atoms with Crippen LogP contribution in [-0.2, 0) is 0 Å². The van der Waals surface area contributed by atoms with Crippen molar-refractivity contribution in [3.8, 4) is 5.69 Å². The third kappa shape index (κ3) is 4.69. The van der Waals surface area contributed by atoms with E-state index in [1.54, 1.807) is 23.1 Å². The molecule has 6 nitrogen and oxygen atoms in total. The van der Waals surface area contributed by atoms with E-state index < -0.39 is 0 Å². The molecule has 1 saturated heterocycles. The molecule has 0 aliphatic carbocycles. The van der Waals surface area contributed by atoms with Crippen LogP contribution in [0.4, 0.5) is 0 Å². The molecule has 0 radical (unpaired) electrons. The standard InChI is InChI=1S/C16H21N5O.2ClH/c1-17-12-13-4-9-20(10-5-13)16(22)15-11-14(3-7-18-15)21-8-2-6-19-21;;/h2-3,6-8,11,13,17H,4-5,9-10,12H2,1H3;2*1H. The third-order valence-electron chi connectivity index (χ3n) is 4.13. The molecule has 1 amide bonds. The molecule has 132 valence electrons. The number of nitrogens with zero attached hydrogens (tertiary/aromatic N) is 4. The second-order valence-corrected chi connectivity index (χ2v) is 5.64. The Kier molecular flexibility index (Phi) is 8.18. The largest absolute Gasteiger partial charge is 0.337 e. The van der Waals surface area contributed by atoms with Gasteiger partial charge in [0.25, 0.3) is 5.91 Å². The molecule has 2 aromatic heterocycles. The molecule has 3 heterocycles. The Hall–Kier alpha value is -1.63. The molecule has 24 heavy (non-hydrogen) atoms. The number of piperidine rings is 1. The van der Waals surface area contributed by atoms with Gasteiger partial charge in [-0.3, -0.25) is 9.78 Å². The zero-order chi connectivity index (χ0) is 15.4. The van der Waals surface area contributed by atoms with Gasteiger partial charge in [0.2, 0.25) is 0 Å². The molecule has 1 aliphatic heterocycles. The Morgan fingerprint density at radius 1 is 1.29 bits per heavy atom. The van der Waals surface area contributed by atoms with Crippen molar-refractivity contribution in [2.45, 2.75) is 12.8 Å². The predicted octanol–water partition coefficient (Wildman–Crippen LogP) is 2.18. The quantitative estimate of drug-likeness (QED) is 0.894. The zero-order valence-corrected chi connectivity index (χ0v) is 15.2.